The zero-order valence-corrected chi connectivity index (χ0v) is 12.5. The minimum Gasteiger partial charge on any atom is -0.480 e. The fourth-order valence-electron chi connectivity index (χ4n) is 1.03. The van der Waals surface area contributed by atoms with Crippen molar-refractivity contribution in [2.24, 2.45) is 0 Å². The Labute approximate surface area is 111 Å². The highest BCUT2D eigenvalue weighted by molar-refractivity contribution is 8.00. The summed E-state index contributed by atoms with van der Waals surface area (Å²) in [6.45, 7) is 9.83. The quantitative estimate of drug-likeness (QED) is 0.911. The summed E-state index contributed by atoms with van der Waals surface area (Å²) in [4.78, 5) is 15.5. The zero-order chi connectivity index (χ0) is 13.3. The van der Waals surface area contributed by atoms with Crippen LogP contribution < -0.4 is 0 Å². The Bertz CT molecular complexity index is 405. The number of carboxylic acid groups (broad SMARTS) is 1. The van der Waals surface area contributed by atoms with E-state index in [2.05, 4.69) is 25.8 Å². The molecule has 1 aromatic heterocycles. The molecule has 1 aromatic rings. The number of nitrogens with zero attached hydrogens (tertiary/aromatic N) is 1. The number of carboxylic acids is 1. The molecule has 1 heterocycles. The third kappa shape index (κ3) is 4.00. The average molecular weight is 273 g/mol. The van der Waals surface area contributed by atoms with Gasteiger partial charge >= 0.3 is 5.97 Å². The first-order chi connectivity index (χ1) is 7.63. The van der Waals surface area contributed by atoms with Crippen molar-refractivity contribution in [3.63, 3.8) is 0 Å². The summed E-state index contributed by atoms with van der Waals surface area (Å²) in [5.74, 6) is -0.139. The molecule has 0 aromatic carbocycles. The van der Waals surface area contributed by atoms with Gasteiger partial charge in [-0.05, 0) is 13.8 Å². The molecule has 0 atom stereocenters. The van der Waals surface area contributed by atoms with Gasteiger partial charge in [-0.2, -0.15) is 0 Å². The van der Waals surface area contributed by atoms with Crippen LogP contribution in [0.15, 0.2) is 5.38 Å². The Balaban J connectivity index is 2.66. The number of hydrogen-bond donors (Lipinski definition) is 1. The van der Waals surface area contributed by atoms with Gasteiger partial charge in [-0.15, -0.1) is 23.1 Å². The number of aliphatic carboxylic acids is 1. The second-order valence-corrected chi connectivity index (χ2v) is 7.95. The number of thiazole rings is 1. The summed E-state index contributed by atoms with van der Waals surface area (Å²) in [6, 6.07) is 0. The van der Waals surface area contributed by atoms with Gasteiger partial charge in [-0.25, -0.2) is 4.98 Å². The largest absolute Gasteiger partial charge is 0.480 e. The van der Waals surface area contributed by atoms with E-state index in [0.29, 0.717) is 5.75 Å². The smallest absolute Gasteiger partial charge is 0.319 e. The molecule has 3 nitrogen and oxygen atoms in total. The van der Waals surface area contributed by atoms with Crippen LogP contribution >= 0.6 is 23.1 Å². The van der Waals surface area contributed by atoms with Crippen LogP contribution in [0.1, 0.15) is 45.3 Å². The average Bonchev–Trinajstić information content (AvgIpc) is 2.62. The lowest BCUT2D eigenvalue weighted by molar-refractivity contribution is -0.138. The Hall–Kier alpha value is -0.550. The highest BCUT2D eigenvalue weighted by Crippen LogP contribution is 2.31. The van der Waals surface area contributed by atoms with E-state index in [4.69, 9.17) is 5.11 Å². The third-order valence-corrected chi connectivity index (χ3v) is 4.94. The van der Waals surface area contributed by atoms with Crippen LogP contribution in [0.25, 0.3) is 0 Å². The molecule has 0 fully saturated rings. The highest BCUT2D eigenvalue weighted by atomic mass is 32.2. The molecule has 0 aliphatic carbocycles. The predicted octanol–water partition coefficient (Wildman–Crippen LogP) is 3.54. The normalized spacial score (nSPS) is 12.8. The van der Waals surface area contributed by atoms with Crippen molar-refractivity contribution in [3.05, 3.63) is 16.1 Å². The molecule has 0 spiro atoms. The van der Waals surface area contributed by atoms with E-state index in [1.54, 1.807) is 25.2 Å². The molecule has 1 N–H and O–H groups in total. The molecule has 0 bridgehead atoms. The number of carbonyl (C=O) groups is 1. The summed E-state index contributed by atoms with van der Waals surface area (Å²) in [5.41, 5.74) is 1.04. The van der Waals surface area contributed by atoms with Gasteiger partial charge in [0, 0.05) is 16.5 Å². The molecule has 96 valence electrons. The van der Waals surface area contributed by atoms with E-state index in [1.807, 2.05) is 5.38 Å². The zero-order valence-electron chi connectivity index (χ0n) is 10.9. The Morgan fingerprint density at radius 3 is 2.41 bits per heavy atom. The van der Waals surface area contributed by atoms with Gasteiger partial charge < -0.3 is 5.11 Å². The first kappa shape index (κ1) is 14.5. The number of rotatable bonds is 4. The van der Waals surface area contributed by atoms with Gasteiger partial charge in [-0.3, -0.25) is 4.79 Å². The number of thioether (sulfide) groups is 1. The van der Waals surface area contributed by atoms with Crippen molar-refractivity contribution in [2.75, 3.05) is 0 Å². The van der Waals surface area contributed by atoms with Gasteiger partial charge in [0.1, 0.15) is 4.75 Å². The fraction of sp³-hybridized carbons (Fsp3) is 0.667. The van der Waals surface area contributed by atoms with E-state index >= 15 is 0 Å². The monoisotopic (exact) mass is 273 g/mol. The molecule has 0 amide bonds. The maximum Gasteiger partial charge on any atom is 0.319 e. The minimum atomic E-state index is -0.784. The SMILES string of the molecule is CC(C)(SCc1csc(C(C)(C)C)n1)C(=O)O. The second kappa shape index (κ2) is 4.98. The first-order valence-corrected chi connectivity index (χ1v) is 7.32. The fourth-order valence-corrected chi connectivity index (χ4v) is 2.83. The van der Waals surface area contributed by atoms with Gasteiger partial charge in [0.05, 0.1) is 10.7 Å². The van der Waals surface area contributed by atoms with Crippen molar-refractivity contribution in [3.8, 4) is 0 Å². The van der Waals surface area contributed by atoms with Gasteiger partial charge in [-0.1, -0.05) is 20.8 Å². The van der Waals surface area contributed by atoms with Crippen molar-refractivity contribution in [2.45, 2.75) is 50.5 Å². The van der Waals surface area contributed by atoms with Crippen LogP contribution in [0.2, 0.25) is 0 Å². The molecular formula is C12H19NO2S2. The Kier molecular flexibility index (Phi) is 4.25. The molecule has 5 heteroatoms. The summed E-state index contributed by atoms with van der Waals surface area (Å²) in [6.07, 6.45) is 0. The van der Waals surface area contributed by atoms with Crippen LogP contribution in [-0.2, 0) is 16.0 Å². The highest BCUT2D eigenvalue weighted by Gasteiger charge is 2.28. The number of hydrogen-bond acceptors (Lipinski definition) is 4. The first-order valence-electron chi connectivity index (χ1n) is 5.45. The molecule has 0 aliphatic heterocycles. The van der Waals surface area contributed by atoms with Gasteiger partial charge in [0.15, 0.2) is 0 Å². The molecule has 0 radical (unpaired) electrons. The van der Waals surface area contributed by atoms with Crippen LogP contribution in [0, 0.1) is 0 Å². The van der Waals surface area contributed by atoms with E-state index in [1.165, 1.54) is 11.8 Å². The van der Waals surface area contributed by atoms with E-state index in [0.717, 1.165) is 10.7 Å². The van der Waals surface area contributed by atoms with Crippen molar-refractivity contribution in [1.82, 2.24) is 4.98 Å². The van der Waals surface area contributed by atoms with Crippen molar-refractivity contribution in [1.29, 1.82) is 0 Å². The topological polar surface area (TPSA) is 50.2 Å². The van der Waals surface area contributed by atoms with Gasteiger partial charge in [0.25, 0.3) is 0 Å². The molecule has 17 heavy (non-hydrogen) atoms. The standard InChI is InChI=1S/C12H19NO2S2/c1-11(2,3)9-13-8(6-16-9)7-17-12(4,5)10(14)15/h6H,7H2,1-5H3,(H,14,15). The van der Waals surface area contributed by atoms with E-state index < -0.39 is 10.7 Å². The molecule has 0 aliphatic rings. The third-order valence-electron chi connectivity index (χ3n) is 2.29. The summed E-state index contributed by atoms with van der Waals surface area (Å²) >= 11 is 3.05. The number of aromatic nitrogens is 1. The Morgan fingerprint density at radius 2 is 2.00 bits per heavy atom. The van der Waals surface area contributed by atoms with Crippen LogP contribution in [0.4, 0.5) is 0 Å². The predicted molar refractivity (Wildman–Crippen MR) is 73.8 cm³/mol. The maximum absolute atomic E-state index is 11.0. The van der Waals surface area contributed by atoms with Crippen LogP contribution in [0.3, 0.4) is 0 Å². The van der Waals surface area contributed by atoms with Crippen LogP contribution in [0.5, 0.6) is 0 Å². The van der Waals surface area contributed by atoms with E-state index in [9.17, 15) is 4.79 Å². The van der Waals surface area contributed by atoms with E-state index in [-0.39, 0.29) is 5.41 Å². The molecular weight excluding hydrogens is 254 g/mol. The molecule has 0 saturated heterocycles. The summed E-state index contributed by atoms with van der Waals surface area (Å²) in [7, 11) is 0. The van der Waals surface area contributed by atoms with Gasteiger partial charge in [0.2, 0.25) is 0 Å². The van der Waals surface area contributed by atoms with Crippen molar-refractivity contribution < 1.29 is 9.90 Å². The lowest BCUT2D eigenvalue weighted by Gasteiger charge is -2.17. The lowest BCUT2D eigenvalue weighted by Crippen LogP contribution is -2.27. The van der Waals surface area contributed by atoms with Crippen molar-refractivity contribution >= 4 is 29.1 Å². The summed E-state index contributed by atoms with van der Waals surface area (Å²) in [5, 5.41) is 12.1. The molecule has 1 rings (SSSR count). The minimum absolute atomic E-state index is 0.0654. The lowest BCUT2D eigenvalue weighted by atomic mass is 9.98. The van der Waals surface area contributed by atoms with Crippen LogP contribution in [-0.4, -0.2) is 20.8 Å². The molecule has 0 unspecified atom stereocenters. The second-order valence-electron chi connectivity index (χ2n) is 5.50. The Morgan fingerprint density at radius 1 is 1.41 bits per heavy atom. The maximum atomic E-state index is 11.0. The molecule has 0 saturated carbocycles. The summed E-state index contributed by atoms with van der Waals surface area (Å²) < 4.78 is -0.758.